The lowest BCUT2D eigenvalue weighted by Gasteiger charge is -2.36. The number of hydrogen-bond acceptors (Lipinski definition) is 2. The van der Waals surface area contributed by atoms with Gasteiger partial charge in [0.15, 0.2) is 0 Å². The van der Waals surface area contributed by atoms with E-state index in [1.165, 1.54) is 0 Å². The van der Waals surface area contributed by atoms with Gasteiger partial charge in [-0.1, -0.05) is 6.07 Å². The lowest BCUT2D eigenvalue weighted by atomic mass is 9.96. The number of nitrogens with two attached hydrogens (primary N) is 1. The molecule has 2 aliphatic rings. The molecule has 2 unspecified atom stereocenters. The smallest absolute Gasteiger partial charge is 0.128 e. The molecule has 2 nitrogen and oxygen atoms in total. The Morgan fingerprint density at radius 2 is 2.27 bits per heavy atom. The summed E-state index contributed by atoms with van der Waals surface area (Å²) in [5.74, 6) is -0.0749. The monoisotopic (exact) mass is 206 g/mol. The molecule has 0 bridgehead atoms. The highest BCUT2D eigenvalue weighted by Crippen LogP contribution is 2.37. The molecule has 3 rings (SSSR count). The van der Waals surface area contributed by atoms with Crippen LogP contribution in [-0.2, 0) is 6.42 Å². The van der Waals surface area contributed by atoms with Gasteiger partial charge in [-0.2, -0.15) is 0 Å². The van der Waals surface area contributed by atoms with Crippen LogP contribution in [0.1, 0.15) is 18.4 Å². The Morgan fingerprint density at radius 3 is 3.13 bits per heavy atom. The quantitative estimate of drug-likeness (QED) is 0.699. The topological polar surface area (TPSA) is 29.3 Å². The molecule has 80 valence electrons. The minimum atomic E-state index is -0.0749. The first-order chi connectivity index (χ1) is 7.27. The second-order valence-electron chi connectivity index (χ2n) is 4.51. The van der Waals surface area contributed by atoms with Gasteiger partial charge in [0.2, 0.25) is 0 Å². The first kappa shape index (κ1) is 9.16. The molecule has 1 aromatic rings. The first-order valence-electron chi connectivity index (χ1n) is 5.57. The predicted molar refractivity (Wildman–Crippen MR) is 58.4 cm³/mol. The highest BCUT2D eigenvalue weighted by molar-refractivity contribution is 5.60. The van der Waals surface area contributed by atoms with Crippen molar-refractivity contribution in [2.75, 3.05) is 11.4 Å². The summed E-state index contributed by atoms with van der Waals surface area (Å²) in [5.41, 5.74) is 8.01. The zero-order chi connectivity index (χ0) is 10.4. The van der Waals surface area contributed by atoms with Crippen LogP contribution < -0.4 is 10.6 Å². The van der Waals surface area contributed by atoms with Gasteiger partial charge in [-0.05, 0) is 31.4 Å². The van der Waals surface area contributed by atoms with Crippen molar-refractivity contribution in [3.05, 3.63) is 29.6 Å². The fourth-order valence-corrected chi connectivity index (χ4v) is 2.87. The average molecular weight is 206 g/mol. The number of anilines is 1. The summed E-state index contributed by atoms with van der Waals surface area (Å²) in [6, 6.07) is 5.87. The van der Waals surface area contributed by atoms with Crippen LogP contribution in [0.25, 0.3) is 0 Å². The van der Waals surface area contributed by atoms with Gasteiger partial charge in [-0.25, -0.2) is 4.39 Å². The molecule has 2 atom stereocenters. The van der Waals surface area contributed by atoms with E-state index in [0.717, 1.165) is 37.1 Å². The Labute approximate surface area is 88.9 Å². The van der Waals surface area contributed by atoms with Gasteiger partial charge in [0, 0.05) is 29.9 Å². The van der Waals surface area contributed by atoms with Crippen molar-refractivity contribution < 1.29 is 4.39 Å². The van der Waals surface area contributed by atoms with Crippen molar-refractivity contribution in [1.82, 2.24) is 0 Å². The van der Waals surface area contributed by atoms with Crippen LogP contribution >= 0.6 is 0 Å². The highest BCUT2D eigenvalue weighted by atomic mass is 19.1. The maximum atomic E-state index is 13.6. The zero-order valence-electron chi connectivity index (χ0n) is 8.62. The van der Waals surface area contributed by atoms with E-state index in [4.69, 9.17) is 5.73 Å². The molecule has 2 N–H and O–H groups in total. The third-order valence-corrected chi connectivity index (χ3v) is 3.65. The molecule has 1 aromatic carbocycles. The Morgan fingerprint density at radius 1 is 1.40 bits per heavy atom. The molecule has 0 amide bonds. The summed E-state index contributed by atoms with van der Waals surface area (Å²) in [7, 11) is 0. The Balaban J connectivity index is 2.04. The largest absolute Gasteiger partial charge is 0.366 e. The number of fused-ring (bicyclic) bond motifs is 3. The van der Waals surface area contributed by atoms with Gasteiger partial charge in [-0.15, -0.1) is 0 Å². The number of rotatable bonds is 0. The second kappa shape index (κ2) is 3.20. The molecule has 0 spiro atoms. The lowest BCUT2D eigenvalue weighted by molar-refractivity contribution is 0.413. The summed E-state index contributed by atoms with van der Waals surface area (Å²) < 4.78 is 13.6. The minimum absolute atomic E-state index is 0.0749. The molecular weight excluding hydrogens is 191 g/mol. The fraction of sp³-hybridized carbons (Fsp3) is 0.500. The van der Waals surface area contributed by atoms with Gasteiger partial charge in [0.1, 0.15) is 5.82 Å². The molecule has 0 aromatic heterocycles. The van der Waals surface area contributed by atoms with Crippen LogP contribution in [0.2, 0.25) is 0 Å². The maximum Gasteiger partial charge on any atom is 0.128 e. The maximum absolute atomic E-state index is 13.6. The van der Waals surface area contributed by atoms with Crippen molar-refractivity contribution in [2.24, 2.45) is 5.73 Å². The number of nitrogens with zero attached hydrogens (tertiary/aromatic N) is 1. The second-order valence-corrected chi connectivity index (χ2v) is 4.51. The molecule has 15 heavy (non-hydrogen) atoms. The predicted octanol–water partition coefficient (Wildman–Crippen LogP) is 1.68. The van der Waals surface area contributed by atoms with E-state index in [2.05, 4.69) is 4.90 Å². The van der Waals surface area contributed by atoms with E-state index >= 15 is 0 Å². The normalized spacial score (nSPS) is 28.8. The zero-order valence-corrected chi connectivity index (χ0v) is 8.62. The van der Waals surface area contributed by atoms with Crippen molar-refractivity contribution in [1.29, 1.82) is 0 Å². The van der Waals surface area contributed by atoms with E-state index in [0.29, 0.717) is 6.04 Å². The summed E-state index contributed by atoms with van der Waals surface area (Å²) >= 11 is 0. The van der Waals surface area contributed by atoms with E-state index in [-0.39, 0.29) is 11.9 Å². The molecule has 2 heterocycles. The van der Waals surface area contributed by atoms with Crippen LogP contribution in [0.4, 0.5) is 10.1 Å². The van der Waals surface area contributed by atoms with Gasteiger partial charge >= 0.3 is 0 Å². The summed E-state index contributed by atoms with van der Waals surface area (Å²) in [6.07, 6.45) is 2.97. The first-order valence-corrected chi connectivity index (χ1v) is 5.57. The van der Waals surface area contributed by atoms with Gasteiger partial charge in [0.25, 0.3) is 0 Å². The third kappa shape index (κ3) is 1.26. The standard InChI is InChI=1S/C12H15FN2/c13-9-3-1-5-11-8(9)7-12-10(14)4-2-6-15(11)12/h1,3,5,10,12H,2,4,6-7,14H2. The lowest BCUT2D eigenvalue weighted by Crippen LogP contribution is -2.50. The van der Waals surface area contributed by atoms with Crippen molar-refractivity contribution in [3.8, 4) is 0 Å². The van der Waals surface area contributed by atoms with Gasteiger partial charge in [0.05, 0.1) is 0 Å². The molecular formula is C12H15FN2. The van der Waals surface area contributed by atoms with Crippen LogP contribution in [-0.4, -0.2) is 18.6 Å². The molecule has 3 heteroatoms. The van der Waals surface area contributed by atoms with Gasteiger partial charge in [-0.3, -0.25) is 0 Å². The summed E-state index contributed by atoms with van der Waals surface area (Å²) in [4.78, 5) is 2.28. The van der Waals surface area contributed by atoms with Crippen molar-refractivity contribution >= 4 is 5.69 Å². The minimum Gasteiger partial charge on any atom is -0.366 e. The summed E-state index contributed by atoms with van der Waals surface area (Å²) in [5, 5.41) is 0. The van der Waals surface area contributed by atoms with E-state index in [1.807, 2.05) is 6.07 Å². The van der Waals surface area contributed by atoms with E-state index in [1.54, 1.807) is 12.1 Å². The Bertz CT molecular complexity index is 391. The fourth-order valence-electron chi connectivity index (χ4n) is 2.87. The Kier molecular flexibility index (Phi) is 1.96. The van der Waals surface area contributed by atoms with Crippen LogP contribution in [0.5, 0.6) is 0 Å². The molecule has 1 fully saturated rings. The molecule has 0 radical (unpaired) electrons. The molecule has 1 saturated heterocycles. The molecule has 0 saturated carbocycles. The van der Waals surface area contributed by atoms with E-state index < -0.39 is 0 Å². The van der Waals surface area contributed by atoms with Crippen LogP contribution in [0, 0.1) is 5.82 Å². The van der Waals surface area contributed by atoms with Crippen molar-refractivity contribution in [2.45, 2.75) is 31.3 Å². The SMILES string of the molecule is NC1CCCN2c3cccc(F)c3CC12. The number of benzene rings is 1. The van der Waals surface area contributed by atoms with Crippen LogP contribution in [0.3, 0.4) is 0 Å². The molecule has 2 aliphatic heterocycles. The highest BCUT2D eigenvalue weighted by Gasteiger charge is 2.36. The Hall–Kier alpha value is -1.09. The van der Waals surface area contributed by atoms with E-state index in [9.17, 15) is 4.39 Å². The number of piperidine rings is 1. The summed E-state index contributed by atoms with van der Waals surface area (Å²) in [6.45, 7) is 1.02. The van der Waals surface area contributed by atoms with Crippen LogP contribution in [0.15, 0.2) is 18.2 Å². The number of hydrogen-bond donors (Lipinski definition) is 1. The number of halogens is 1. The molecule has 0 aliphatic carbocycles. The van der Waals surface area contributed by atoms with Crippen molar-refractivity contribution in [3.63, 3.8) is 0 Å². The average Bonchev–Trinajstić information content (AvgIpc) is 2.60. The third-order valence-electron chi connectivity index (χ3n) is 3.65. The van der Waals surface area contributed by atoms with Gasteiger partial charge < -0.3 is 10.6 Å².